The molecule has 0 fully saturated rings. The van der Waals surface area contributed by atoms with Crippen molar-refractivity contribution in [2.45, 2.75) is 11.8 Å². The molecule has 1 aliphatic carbocycles. The average molecular weight is 131 g/mol. The van der Waals surface area contributed by atoms with E-state index in [1.54, 1.807) is 12.2 Å². The highest BCUT2D eigenvalue weighted by molar-refractivity contribution is 6.22. The third kappa shape index (κ3) is 1.27. The van der Waals surface area contributed by atoms with E-state index in [0.29, 0.717) is 12.2 Å². The van der Waals surface area contributed by atoms with Crippen molar-refractivity contribution in [3.05, 3.63) is 24.0 Å². The summed E-state index contributed by atoms with van der Waals surface area (Å²) in [5.41, 5.74) is 0. The van der Waals surface area contributed by atoms with Gasteiger partial charge in [-0.3, -0.25) is 0 Å². The van der Waals surface area contributed by atoms with Crippen molar-refractivity contribution >= 4 is 11.6 Å². The quantitative estimate of drug-likeness (QED) is 0.498. The molecule has 0 amide bonds. The SMILES string of the molecule is OC1=CC=CC(Cl)C1. The molecule has 0 aromatic heterocycles. The molecule has 1 unspecified atom stereocenters. The molecule has 0 aromatic carbocycles. The van der Waals surface area contributed by atoms with Crippen molar-refractivity contribution in [1.82, 2.24) is 0 Å². The molecule has 0 saturated carbocycles. The van der Waals surface area contributed by atoms with Gasteiger partial charge in [-0.2, -0.15) is 0 Å². The maximum absolute atomic E-state index is 8.80. The topological polar surface area (TPSA) is 20.2 Å². The van der Waals surface area contributed by atoms with E-state index in [9.17, 15) is 0 Å². The highest BCUT2D eigenvalue weighted by Gasteiger charge is 2.04. The van der Waals surface area contributed by atoms with Gasteiger partial charge in [0.25, 0.3) is 0 Å². The zero-order chi connectivity index (χ0) is 5.98. The molecule has 2 heteroatoms. The molecule has 0 aliphatic heterocycles. The zero-order valence-corrected chi connectivity index (χ0v) is 5.10. The Bertz CT molecular complexity index is 137. The molecule has 1 N–H and O–H groups in total. The van der Waals surface area contributed by atoms with Crippen LogP contribution < -0.4 is 0 Å². The normalized spacial score (nSPS) is 27.6. The Balaban J connectivity index is 2.59. The summed E-state index contributed by atoms with van der Waals surface area (Å²) in [5.74, 6) is 0.368. The van der Waals surface area contributed by atoms with Crippen LogP contribution in [0.1, 0.15) is 6.42 Å². The van der Waals surface area contributed by atoms with Gasteiger partial charge in [0.05, 0.1) is 11.1 Å². The van der Waals surface area contributed by atoms with Gasteiger partial charge >= 0.3 is 0 Å². The van der Waals surface area contributed by atoms with E-state index in [4.69, 9.17) is 16.7 Å². The van der Waals surface area contributed by atoms with E-state index in [1.807, 2.05) is 6.08 Å². The molecule has 1 nitrogen and oxygen atoms in total. The second kappa shape index (κ2) is 2.23. The van der Waals surface area contributed by atoms with Crippen molar-refractivity contribution in [2.24, 2.45) is 0 Å². The third-order valence-electron chi connectivity index (χ3n) is 1.01. The van der Waals surface area contributed by atoms with Crippen molar-refractivity contribution in [3.63, 3.8) is 0 Å². The second-order valence-electron chi connectivity index (χ2n) is 1.76. The Morgan fingerprint density at radius 1 is 1.75 bits per heavy atom. The van der Waals surface area contributed by atoms with Gasteiger partial charge in [-0.25, -0.2) is 0 Å². The molecular formula is C6H7ClO. The lowest BCUT2D eigenvalue weighted by Crippen LogP contribution is -1.98. The molecule has 1 aliphatic rings. The van der Waals surface area contributed by atoms with Gasteiger partial charge in [0.15, 0.2) is 0 Å². The molecule has 1 rings (SSSR count). The van der Waals surface area contributed by atoms with Gasteiger partial charge in [0, 0.05) is 6.42 Å². The Morgan fingerprint density at radius 2 is 2.50 bits per heavy atom. The summed E-state index contributed by atoms with van der Waals surface area (Å²) >= 11 is 5.62. The maximum atomic E-state index is 8.80. The van der Waals surface area contributed by atoms with Crippen molar-refractivity contribution in [3.8, 4) is 0 Å². The third-order valence-corrected chi connectivity index (χ3v) is 1.31. The number of hydrogen-bond acceptors (Lipinski definition) is 1. The minimum absolute atomic E-state index is 0.0139. The van der Waals surface area contributed by atoms with Crippen LogP contribution in [0.15, 0.2) is 24.0 Å². The number of halogens is 1. The molecule has 0 spiro atoms. The highest BCUT2D eigenvalue weighted by Crippen LogP contribution is 2.14. The van der Waals surface area contributed by atoms with E-state index in [0.717, 1.165) is 0 Å². The lowest BCUT2D eigenvalue weighted by atomic mass is 10.2. The highest BCUT2D eigenvalue weighted by atomic mass is 35.5. The lowest BCUT2D eigenvalue weighted by Gasteiger charge is -2.05. The summed E-state index contributed by atoms with van der Waals surface area (Å²) < 4.78 is 0. The van der Waals surface area contributed by atoms with E-state index in [2.05, 4.69) is 0 Å². The van der Waals surface area contributed by atoms with Gasteiger partial charge < -0.3 is 5.11 Å². The Labute approximate surface area is 53.3 Å². The van der Waals surface area contributed by atoms with Gasteiger partial charge in [-0.1, -0.05) is 12.2 Å². The van der Waals surface area contributed by atoms with Crippen LogP contribution in [0.2, 0.25) is 0 Å². The summed E-state index contributed by atoms with van der Waals surface area (Å²) in [7, 11) is 0. The maximum Gasteiger partial charge on any atom is 0.0940 e. The molecule has 0 radical (unpaired) electrons. The minimum atomic E-state index is -0.0139. The Hall–Kier alpha value is -0.430. The van der Waals surface area contributed by atoms with Gasteiger partial charge in [0.2, 0.25) is 0 Å². The molecule has 44 valence electrons. The van der Waals surface area contributed by atoms with Crippen molar-refractivity contribution in [1.29, 1.82) is 0 Å². The summed E-state index contributed by atoms with van der Waals surface area (Å²) in [6, 6.07) is 0. The molecule has 8 heavy (non-hydrogen) atoms. The largest absolute Gasteiger partial charge is 0.512 e. The predicted octanol–water partition coefficient (Wildman–Crippen LogP) is 2.00. The molecule has 0 heterocycles. The van der Waals surface area contributed by atoms with Gasteiger partial charge in [-0.15, -0.1) is 11.6 Å². The van der Waals surface area contributed by atoms with Crippen LogP contribution in [0.3, 0.4) is 0 Å². The standard InChI is InChI=1S/C6H7ClO/c7-5-2-1-3-6(8)4-5/h1-3,5,8H,4H2. The van der Waals surface area contributed by atoms with Crippen molar-refractivity contribution in [2.75, 3.05) is 0 Å². The monoisotopic (exact) mass is 130 g/mol. The fourth-order valence-electron chi connectivity index (χ4n) is 0.623. The molecule has 0 saturated heterocycles. The van der Waals surface area contributed by atoms with Crippen LogP contribution in [-0.4, -0.2) is 10.5 Å². The summed E-state index contributed by atoms with van der Waals surface area (Å²) in [6.07, 6.45) is 5.83. The van der Waals surface area contributed by atoms with Crippen LogP contribution in [0.5, 0.6) is 0 Å². The number of alkyl halides is 1. The van der Waals surface area contributed by atoms with E-state index in [1.165, 1.54) is 0 Å². The fraction of sp³-hybridized carbons (Fsp3) is 0.333. The first-order chi connectivity index (χ1) is 3.79. The lowest BCUT2D eigenvalue weighted by molar-refractivity contribution is 0.388. The van der Waals surface area contributed by atoms with Crippen LogP contribution >= 0.6 is 11.6 Å². The van der Waals surface area contributed by atoms with Gasteiger partial charge in [-0.05, 0) is 6.08 Å². The van der Waals surface area contributed by atoms with Crippen LogP contribution in [0.4, 0.5) is 0 Å². The summed E-state index contributed by atoms with van der Waals surface area (Å²) in [4.78, 5) is 0. The summed E-state index contributed by atoms with van der Waals surface area (Å²) in [6.45, 7) is 0. The number of aliphatic hydroxyl groups is 1. The minimum Gasteiger partial charge on any atom is -0.512 e. The average Bonchev–Trinajstić information content (AvgIpc) is 1.64. The Kier molecular flexibility index (Phi) is 1.59. The summed E-state index contributed by atoms with van der Waals surface area (Å²) in [5, 5.41) is 8.79. The molecule has 1 atom stereocenters. The number of allylic oxidation sites excluding steroid dienone is 4. The van der Waals surface area contributed by atoms with Crippen LogP contribution in [0.25, 0.3) is 0 Å². The van der Waals surface area contributed by atoms with Gasteiger partial charge in [0.1, 0.15) is 0 Å². The molecule has 0 aromatic rings. The van der Waals surface area contributed by atoms with Crippen LogP contribution in [-0.2, 0) is 0 Å². The second-order valence-corrected chi connectivity index (χ2v) is 2.32. The Morgan fingerprint density at radius 3 is 2.88 bits per heavy atom. The first-order valence-corrected chi connectivity index (χ1v) is 2.93. The smallest absolute Gasteiger partial charge is 0.0940 e. The number of hydrogen-bond donors (Lipinski definition) is 1. The first-order valence-electron chi connectivity index (χ1n) is 2.49. The number of aliphatic hydroxyl groups excluding tert-OH is 1. The first kappa shape index (κ1) is 5.70. The predicted molar refractivity (Wildman–Crippen MR) is 34.1 cm³/mol. The number of rotatable bonds is 0. The van der Waals surface area contributed by atoms with E-state index < -0.39 is 0 Å². The molecular weight excluding hydrogens is 124 g/mol. The van der Waals surface area contributed by atoms with E-state index >= 15 is 0 Å². The van der Waals surface area contributed by atoms with Crippen LogP contribution in [0, 0.1) is 0 Å². The van der Waals surface area contributed by atoms with Crippen molar-refractivity contribution < 1.29 is 5.11 Å². The fourth-order valence-corrected chi connectivity index (χ4v) is 0.865. The zero-order valence-electron chi connectivity index (χ0n) is 4.34. The molecule has 0 bridgehead atoms. The van der Waals surface area contributed by atoms with E-state index in [-0.39, 0.29) is 5.38 Å².